The summed E-state index contributed by atoms with van der Waals surface area (Å²) in [5.74, 6) is -0.266. The van der Waals surface area contributed by atoms with Gasteiger partial charge in [0.1, 0.15) is 5.82 Å². The molecule has 1 heterocycles. The van der Waals surface area contributed by atoms with Crippen LogP contribution in [0.5, 0.6) is 0 Å². The largest absolute Gasteiger partial charge is 0.309 e. The Balaban J connectivity index is 1.19. The zero-order chi connectivity index (χ0) is 34.1. The van der Waals surface area contributed by atoms with Gasteiger partial charge in [0.05, 0.1) is 10.4 Å². The highest BCUT2D eigenvalue weighted by Crippen LogP contribution is 2.46. The smallest absolute Gasteiger partial charge is 0.133 e. The van der Waals surface area contributed by atoms with Crippen LogP contribution in [0.4, 0.5) is 21.5 Å². The Morgan fingerprint density at radius 1 is 0.373 bits per heavy atom. The molecule has 0 amide bonds. The molecule has 3 heteroatoms. The lowest BCUT2D eigenvalue weighted by Crippen LogP contribution is -2.10. The monoisotopic (exact) mass is 673 g/mol. The van der Waals surface area contributed by atoms with Crippen LogP contribution in [0.1, 0.15) is 0 Å². The van der Waals surface area contributed by atoms with Gasteiger partial charge in [-0.05, 0) is 81.4 Å². The first-order valence-electron chi connectivity index (χ1n) is 17.1. The predicted octanol–water partition coefficient (Wildman–Crippen LogP) is 14.3. The van der Waals surface area contributed by atoms with Crippen molar-refractivity contribution in [1.82, 2.24) is 0 Å². The topological polar surface area (TPSA) is 3.24 Å². The van der Waals surface area contributed by atoms with Crippen LogP contribution in [-0.2, 0) is 0 Å². The fraction of sp³-hybridized carbons (Fsp3) is 0. The Labute approximate surface area is 301 Å². The molecule has 0 aliphatic heterocycles. The first-order chi connectivity index (χ1) is 25.2. The highest BCUT2D eigenvalue weighted by atomic mass is 32.1. The molecule has 0 atom stereocenters. The van der Waals surface area contributed by atoms with Gasteiger partial charge in [-0.1, -0.05) is 152 Å². The molecule has 0 fully saturated rings. The summed E-state index contributed by atoms with van der Waals surface area (Å²) in [4.78, 5) is 2.19. The molecule has 8 aromatic carbocycles. The van der Waals surface area contributed by atoms with E-state index in [1.807, 2.05) is 54.6 Å². The highest BCUT2D eigenvalue weighted by molar-refractivity contribution is 7.26. The van der Waals surface area contributed by atoms with Crippen molar-refractivity contribution in [3.8, 4) is 44.5 Å². The van der Waals surface area contributed by atoms with E-state index >= 15 is 4.39 Å². The number of hydrogen-bond acceptors (Lipinski definition) is 2. The second-order valence-corrected chi connectivity index (χ2v) is 13.7. The minimum Gasteiger partial charge on any atom is -0.309 e. The number of benzene rings is 8. The van der Waals surface area contributed by atoms with Gasteiger partial charge in [0.25, 0.3) is 0 Å². The lowest BCUT2D eigenvalue weighted by molar-refractivity contribution is 0.631. The predicted molar refractivity (Wildman–Crippen MR) is 216 cm³/mol. The van der Waals surface area contributed by atoms with Crippen LogP contribution in [0.25, 0.3) is 64.7 Å². The van der Waals surface area contributed by atoms with Crippen LogP contribution in [-0.4, -0.2) is 0 Å². The van der Waals surface area contributed by atoms with Crippen LogP contribution in [0.2, 0.25) is 0 Å². The molecular formula is C48H32FNS. The molecule has 0 saturated heterocycles. The Morgan fingerprint density at radius 3 is 1.53 bits per heavy atom. The molecule has 9 rings (SSSR count). The zero-order valence-electron chi connectivity index (χ0n) is 27.7. The first kappa shape index (κ1) is 30.7. The van der Waals surface area contributed by atoms with E-state index in [1.54, 1.807) is 17.4 Å². The van der Waals surface area contributed by atoms with Gasteiger partial charge in [-0.3, -0.25) is 0 Å². The molecule has 0 unspecified atom stereocenters. The van der Waals surface area contributed by atoms with E-state index in [1.165, 1.54) is 32.2 Å². The molecule has 0 bridgehead atoms. The van der Waals surface area contributed by atoms with Crippen molar-refractivity contribution < 1.29 is 4.39 Å². The highest BCUT2D eigenvalue weighted by Gasteiger charge is 2.21. The van der Waals surface area contributed by atoms with E-state index in [0.717, 1.165) is 44.0 Å². The van der Waals surface area contributed by atoms with Gasteiger partial charge in [0, 0.05) is 32.4 Å². The molecule has 1 aromatic heterocycles. The number of anilines is 3. The summed E-state index contributed by atoms with van der Waals surface area (Å²) in [6, 6.07) is 66.5. The Bertz CT molecular complexity index is 2640. The number of nitrogens with zero attached hydrogens (tertiary/aromatic N) is 1. The fourth-order valence-electron chi connectivity index (χ4n) is 7.18. The summed E-state index contributed by atoms with van der Waals surface area (Å²) < 4.78 is 19.0. The van der Waals surface area contributed by atoms with Crippen LogP contribution in [0.15, 0.2) is 194 Å². The second-order valence-electron chi connectivity index (χ2n) is 12.6. The van der Waals surface area contributed by atoms with Crippen molar-refractivity contribution in [3.63, 3.8) is 0 Å². The molecule has 0 spiro atoms. The van der Waals surface area contributed by atoms with E-state index in [-0.39, 0.29) is 5.82 Å². The van der Waals surface area contributed by atoms with Crippen LogP contribution in [0.3, 0.4) is 0 Å². The van der Waals surface area contributed by atoms with Crippen molar-refractivity contribution >= 4 is 48.6 Å². The van der Waals surface area contributed by atoms with Gasteiger partial charge in [-0.25, -0.2) is 4.39 Å². The Morgan fingerprint density at radius 2 is 0.882 bits per heavy atom. The van der Waals surface area contributed by atoms with E-state index in [0.29, 0.717) is 5.56 Å². The lowest BCUT2D eigenvalue weighted by atomic mass is 9.94. The minimum atomic E-state index is -0.266. The summed E-state index contributed by atoms with van der Waals surface area (Å²) in [6.07, 6.45) is 0. The number of fused-ring (bicyclic) bond motifs is 3. The first-order valence-corrected chi connectivity index (χ1v) is 17.9. The van der Waals surface area contributed by atoms with Crippen molar-refractivity contribution in [1.29, 1.82) is 0 Å². The molecule has 51 heavy (non-hydrogen) atoms. The summed E-state index contributed by atoms with van der Waals surface area (Å²) in [7, 11) is 0. The molecule has 1 nitrogen and oxygen atoms in total. The van der Waals surface area contributed by atoms with Crippen LogP contribution >= 0.6 is 11.3 Å². The van der Waals surface area contributed by atoms with Crippen molar-refractivity contribution in [3.05, 3.63) is 200 Å². The molecule has 242 valence electrons. The average molecular weight is 674 g/mol. The summed E-state index contributed by atoms with van der Waals surface area (Å²) in [5.41, 5.74) is 10.9. The molecule has 0 aliphatic carbocycles. The van der Waals surface area contributed by atoms with Gasteiger partial charge in [0.2, 0.25) is 0 Å². The quantitative estimate of drug-likeness (QED) is 0.163. The Hall–Kier alpha value is -6.29. The maximum atomic E-state index is 16.6. The molecular weight excluding hydrogens is 642 g/mol. The van der Waals surface area contributed by atoms with Gasteiger partial charge >= 0.3 is 0 Å². The Kier molecular flexibility index (Phi) is 7.96. The summed E-state index contributed by atoms with van der Waals surface area (Å²) in [5, 5.41) is 2.42. The van der Waals surface area contributed by atoms with Crippen LogP contribution < -0.4 is 4.90 Å². The maximum absolute atomic E-state index is 16.6. The summed E-state index contributed by atoms with van der Waals surface area (Å²) >= 11 is 1.77. The molecule has 0 saturated carbocycles. The van der Waals surface area contributed by atoms with E-state index in [9.17, 15) is 0 Å². The van der Waals surface area contributed by atoms with Crippen molar-refractivity contribution in [2.45, 2.75) is 0 Å². The van der Waals surface area contributed by atoms with Gasteiger partial charge in [-0.2, -0.15) is 0 Å². The molecule has 0 N–H and O–H groups in total. The lowest BCUT2D eigenvalue weighted by Gasteiger charge is -2.27. The van der Waals surface area contributed by atoms with Crippen molar-refractivity contribution in [2.75, 3.05) is 4.90 Å². The average Bonchev–Trinajstić information content (AvgIpc) is 3.59. The normalized spacial score (nSPS) is 11.2. The standard InChI is InChI=1S/C48H32FNS/c49-45-32-37(30-31-42(45)41-21-10-9-20-40(41)34-16-5-2-6-17-34)50(46-24-13-23-44-43-22-11-12-25-47(43)51-48(44)46)36-28-26-35(27-29-36)39-19-8-7-18-38(39)33-14-3-1-4-15-33/h1-32H. The number of thiophene rings is 1. The van der Waals surface area contributed by atoms with E-state index in [2.05, 4.69) is 138 Å². The van der Waals surface area contributed by atoms with Crippen LogP contribution in [0, 0.1) is 5.82 Å². The van der Waals surface area contributed by atoms with Gasteiger partial charge in [-0.15, -0.1) is 11.3 Å². The number of hydrogen-bond donors (Lipinski definition) is 0. The van der Waals surface area contributed by atoms with Gasteiger partial charge < -0.3 is 4.90 Å². The summed E-state index contributed by atoms with van der Waals surface area (Å²) in [6.45, 7) is 0. The maximum Gasteiger partial charge on any atom is 0.133 e. The number of rotatable bonds is 7. The van der Waals surface area contributed by atoms with E-state index in [4.69, 9.17) is 0 Å². The third-order valence-corrected chi connectivity index (χ3v) is 10.8. The fourth-order valence-corrected chi connectivity index (χ4v) is 8.39. The number of halogens is 1. The zero-order valence-corrected chi connectivity index (χ0v) is 28.5. The molecule has 0 aliphatic rings. The van der Waals surface area contributed by atoms with E-state index < -0.39 is 0 Å². The van der Waals surface area contributed by atoms with Crippen molar-refractivity contribution in [2.24, 2.45) is 0 Å². The second kappa shape index (κ2) is 13.2. The SMILES string of the molecule is Fc1cc(N(c2ccc(-c3ccccc3-c3ccccc3)cc2)c2cccc3c2sc2ccccc23)ccc1-c1ccccc1-c1ccccc1. The minimum absolute atomic E-state index is 0.266. The van der Waals surface area contributed by atoms with Gasteiger partial charge in [0.15, 0.2) is 0 Å². The molecule has 0 radical (unpaired) electrons. The molecule has 9 aromatic rings. The third-order valence-electron chi connectivity index (χ3n) is 9.59. The third kappa shape index (κ3) is 5.68.